The topological polar surface area (TPSA) is 79.5 Å². The zero-order valence-electron chi connectivity index (χ0n) is 14.3. The van der Waals surface area contributed by atoms with Crippen LogP contribution in [0.3, 0.4) is 0 Å². The first-order valence-electron chi connectivity index (χ1n) is 7.60. The number of benzene rings is 1. The molecule has 0 unspecified atom stereocenters. The van der Waals surface area contributed by atoms with Crippen LogP contribution >= 0.6 is 0 Å². The predicted molar refractivity (Wildman–Crippen MR) is 87.5 cm³/mol. The van der Waals surface area contributed by atoms with Gasteiger partial charge in [0.1, 0.15) is 6.54 Å². The first-order chi connectivity index (χ1) is 11.6. The minimum atomic E-state index is -4.47. The standard InChI is InChI=1S/C16H22F3N3O3/c1-10-4-5-12(15(24)21-9-16(17,18)19)6-13(10)20-7-14(23)22-11(2)8-25-3/h4-6,11,20H,7-9H2,1-3H3,(H,21,24)(H,22,23)/t11-/m1/s1. The molecule has 0 saturated heterocycles. The first-order valence-corrected chi connectivity index (χ1v) is 7.60. The summed E-state index contributed by atoms with van der Waals surface area (Å²) >= 11 is 0. The van der Waals surface area contributed by atoms with Gasteiger partial charge in [-0.2, -0.15) is 13.2 Å². The first kappa shape index (κ1) is 20.8. The van der Waals surface area contributed by atoms with Gasteiger partial charge in [-0.1, -0.05) is 6.07 Å². The maximum Gasteiger partial charge on any atom is 0.405 e. The molecule has 0 spiro atoms. The number of nitrogens with one attached hydrogen (secondary N) is 3. The van der Waals surface area contributed by atoms with E-state index in [9.17, 15) is 22.8 Å². The van der Waals surface area contributed by atoms with Crippen LogP contribution in [0.15, 0.2) is 18.2 Å². The predicted octanol–water partition coefficient (Wildman–Crippen LogP) is 1.85. The Morgan fingerprint density at radius 3 is 2.56 bits per heavy atom. The van der Waals surface area contributed by atoms with Crippen molar-refractivity contribution in [3.63, 3.8) is 0 Å². The molecule has 1 rings (SSSR count). The second kappa shape index (κ2) is 9.26. The average Bonchev–Trinajstić information content (AvgIpc) is 2.51. The number of rotatable bonds is 8. The monoisotopic (exact) mass is 361 g/mol. The van der Waals surface area contributed by atoms with Gasteiger partial charge in [-0.05, 0) is 31.5 Å². The lowest BCUT2D eigenvalue weighted by molar-refractivity contribution is -0.123. The van der Waals surface area contributed by atoms with Crippen molar-refractivity contribution in [1.82, 2.24) is 10.6 Å². The van der Waals surface area contributed by atoms with Crippen molar-refractivity contribution >= 4 is 17.5 Å². The van der Waals surface area contributed by atoms with Crippen molar-refractivity contribution in [3.8, 4) is 0 Å². The van der Waals surface area contributed by atoms with E-state index in [-0.39, 0.29) is 24.1 Å². The van der Waals surface area contributed by atoms with E-state index in [1.54, 1.807) is 25.2 Å². The zero-order chi connectivity index (χ0) is 19.0. The quantitative estimate of drug-likeness (QED) is 0.660. The fraction of sp³-hybridized carbons (Fsp3) is 0.500. The number of methoxy groups -OCH3 is 1. The van der Waals surface area contributed by atoms with Crippen molar-refractivity contribution in [3.05, 3.63) is 29.3 Å². The maximum atomic E-state index is 12.2. The third-order valence-corrected chi connectivity index (χ3v) is 3.21. The van der Waals surface area contributed by atoms with E-state index in [1.807, 2.05) is 0 Å². The van der Waals surface area contributed by atoms with Gasteiger partial charge >= 0.3 is 6.18 Å². The van der Waals surface area contributed by atoms with Gasteiger partial charge in [-0.25, -0.2) is 0 Å². The van der Waals surface area contributed by atoms with Gasteiger partial charge in [0.05, 0.1) is 13.2 Å². The number of ether oxygens (including phenoxy) is 1. The highest BCUT2D eigenvalue weighted by Crippen LogP contribution is 2.17. The normalized spacial score (nSPS) is 12.4. The molecule has 1 aromatic rings. The van der Waals surface area contributed by atoms with E-state index in [0.29, 0.717) is 12.3 Å². The molecule has 0 aliphatic heterocycles. The van der Waals surface area contributed by atoms with Gasteiger partial charge in [-0.3, -0.25) is 9.59 Å². The fourth-order valence-electron chi connectivity index (χ4n) is 2.03. The Morgan fingerprint density at radius 2 is 1.96 bits per heavy atom. The summed E-state index contributed by atoms with van der Waals surface area (Å²) in [6, 6.07) is 4.27. The van der Waals surface area contributed by atoms with Crippen LogP contribution in [-0.4, -0.2) is 50.8 Å². The number of halogens is 3. The number of carbonyl (C=O) groups is 2. The number of anilines is 1. The minimum absolute atomic E-state index is 0.0392. The van der Waals surface area contributed by atoms with Gasteiger partial charge in [0.2, 0.25) is 5.91 Å². The van der Waals surface area contributed by atoms with E-state index in [2.05, 4.69) is 10.6 Å². The van der Waals surface area contributed by atoms with Gasteiger partial charge in [0.25, 0.3) is 5.91 Å². The fourth-order valence-corrected chi connectivity index (χ4v) is 2.03. The molecule has 1 atom stereocenters. The number of hydrogen-bond acceptors (Lipinski definition) is 4. The van der Waals surface area contributed by atoms with Crippen LogP contribution in [0.5, 0.6) is 0 Å². The third kappa shape index (κ3) is 7.88. The molecule has 25 heavy (non-hydrogen) atoms. The van der Waals surface area contributed by atoms with Crippen LogP contribution in [0.4, 0.5) is 18.9 Å². The lowest BCUT2D eigenvalue weighted by Gasteiger charge is -2.15. The lowest BCUT2D eigenvalue weighted by atomic mass is 10.1. The smallest absolute Gasteiger partial charge is 0.383 e. The summed E-state index contributed by atoms with van der Waals surface area (Å²) in [6.07, 6.45) is -4.47. The molecule has 140 valence electrons. The maximum absolute atomic E-state index is 12.2. The van der Waals surface area contributed by atoms with Crippen LogP contribution in [0, 0.1) is 6.92 Å². The average molecular weight is 361 g/mol. The van der Waals surface area contributed by atoms with Crippen LogP contribution < -0.4 is 16.0 Å². The van der Waals surface area contributed by atoms with Crippen molar-refractivity contribution < 1.29 is 27.5 Å². The molecule has 0 heterocycles. The van der Waals surface area contributed by atoms with Gasteiger partial charge in [0.15, 0.2) is 0 Å². The Labute approximate surface area is 144 Å². The Balaban J connectivity index is 2.65. The van der Waals surface area contributed by atoms with Crippen LogP contribution in [0.25, 0.3) is 0 Å². The number of alkyl halides is 3. The highest BCUT2D eigenvalue weighted by molar-refractivity contribution is 5.95. The van der Waals surface area contributed by atoms with E-state index >= 15 is 0 Å². The van der Waals surface area contributed by atoms with E-state index < -0.39 is 18.6 Å². The highest BCUT2D eigenvalue weighted by Gasteiger charge is 2.28. The molecule has 0 fully saturated rings. The molecule has 6 nitrogen and oxygen atoms in total. The summed E-state index contributed by atoms with van der Waals surface area (Å²) in [7, 11) is 1.53. The highest BCUT2D eigenvalue weighted by atomic mass is 19.4. The van der Waals surface area contributed by atoms with Crippen LogP contribution in [-0.2, 0) is 9.53 Å². The van der Waals surface area contributed by atoms with Gasteiger partial charge in [-0.15, -0.1) is 0 Å². The molecule has 0 radical (unpaired) electrons. The molecule has 0 aromatic heterocycles. The van der Waals surface area contributed by atoms with E-state index in [4.69, 9.17) is 4.74 Å². The molecule has 0 bridgehead atoms. The zero-order valence-corrected chi connectivity index (χ0v) is 14.3. The molecular formula is C16H22F3N3O3. The minimum Gasteiger partial charge on any atom is -0.383 e. The molecule has 0 saturated carbocycles. The molecule has 3 N–H and O–H groups in total. The van der Waals surface area contributed by atoms with Crippen molar-refractivity contribution in [2.45, 2.75) is 26.1 Å². The summed E-state index contributed by atoms with van der Waals surface area (Å²) in [5.41, 5.74) is 1.32. The second-order valence-corrected chi connectivity index (χ2v) is 5.61. The molecule has 0 aliphatic carbocycles. The SMILES string of the molecule is COC[C@@H](C)NC(=O)CNc1cc(C(=O)NCC(F)(F)F)ccc1C. The molecule has 1 aromatic carbocycles. The van der Waals surface area contributed by atoms with Gasteiger partial charge in [0, 0.05) is 24.4 Å². The summed E-state index contributed by atoms with van der Waals surface area (Å²) in [5, 5.41) is 7.39. The number of amides is 2. The number of carbonyl (C=O) groups excluding carboxylic acids is 2. The summed E-state index contributed by atoms with van der Waals surface area (Å²) in [5.74, 6) is -1.10. The number of aryl methyl sites for hydroxylation is 1. The van der Waals surface area contributed by atoms with Crippen molar-refractivity contribution in [2.24, 2.45) is 0 Å². The lowest BCUT2D eigenvalue weighted by Crippen LogP contribution is -2.39. The Morgan fingerprint density at radius 1 is 1.28 bits per heavy atom. The molecule has 9 heteroatoms. The molecule has 2 amide bonds. The van der Waals surface area contributed by atoms with E-state index in [1.165, 1.54) is 19.2 Å². The third-order valence-electron chi connectivity index (χ3n) is 3.21. The van der Waals surface area contributed by atoms with Crippen LogP contribution in [0.1, 0.15) is 22.8 Å². The Bertz CT molecular complexity index is 606. The summed E-state index contributed by atoms with van der Waals surface area (Å²) in [6.45, 7) is 2.48. The van der Waals surface area contributed by atoms with Crippen molar-refractivity contribution in [2.75, 3.05) is 32.1 Å². The van der Waals surface area contributed by atoms with E-state index in [0.717, 1.165) is 5.56 Å². The van der Waals surface area contributed by atoms with Crippen LogP contribution in [0.2, 0.25) is 0 Å². The Kier molecular flexibility index (Phi) is 7.69. The van der Waals surface area contributed by atoms with Gasteiger partial charge < -0.3 is 20.7 Å². The van der Waals surface area contributed by atoms with Crippen molar-refractivity contribution in [1.29, 1.82) is 0 Å². The molecular weight excluding hydrogens is 339 g/mol. The summed E-state index contributed by atoms with van der Waals surface area (Å²) < 4.78 is 41.4. The second-order valence-electron chi connectivity index (χ2n) is 5.61. The largest absolute Gasteiger partial charge is 0.405 e. The Hall–Kier alpha value is -2.29. The molecule has 0 aliphatic rings. The summed E-state index contributed by atoms with van der Waals surface area (Å²) in [4.78, 5) is 23.6. The number of hydrogen-bond donors (Lipinski definition) is 3.